The van der Waals surface area contributed by atoms with Gasteiger partial charge in [-0.2, -0.15) is 0 Å². The van der Waals surface area contributed by atoms with Crippen LogP contribution in [-0.2, 0) is 0 Å². The van der Waals surface area contributed by atoms with Crippen molar-refractivity contribution in [3.8, 4) is 0 Å². The number of anilines is 1. The Morgan fingerprint density at radius 2 is 2.24 bits per heavy atom. The fraction of sp³-hybridized carbons (Fsp3) is 0.267. The molecule has 0 spiro atoms. The van der Waals surface area contributed by atoms with E-state index < -0.39 is 0 Å². The van der Waals surface area contributed by atoms with Gasteiger partial charge in [0.15, 0.2) is 0 Å². The second-order valence-electron chi connectivity index (χ2n) is 4.81. The standard InChI is InChI=1S/C15H15FN2OS2/c1-10-5-6-13(21-10)14-18(7-8-20-14)15(19)17-12-4-2-3-11(16)9-12/h2-6,9,14H,7-8H2,1H3,(H,17,19)/t14-/m1/s1. The Morgan fingerprint density at radius 3 is 2.95 bits per heavy atom. The van der Waals surface area contributed by atoms with E-state index in [4.69, 9.17) is 0 Å². The van der Waals surface area contributed by atoms with Crippen molar-refractivity contribution in [2.24, 2.45) is 0 Å². The van der Waals surface area contributed by atoms with Crippen molar-refractivity contribution in [1.82, 2.24) is 4.90 Å². The summed E-state index contributed by atoms with van der Waals surface area (Å²) in [5.41, 5.74) is 0.484. The second-order valence-corrected chi connectivity index (χ2v) is 7.31. The summed E-state index contributed by atoms with van der Waals surface area (Å²) in [5.74, 6) is 0.562. The van der Waals surface area contributed by atoms with Gasteiger partial charge in [0, 0.05) is 27.7 Å². The number of carbonyl (C=O) groups is 1. The van der Waals surface area contributed by atoms with Crippen LogP contribution in [0.1, 0.15) is 15.1 Å². The average molecular weight is 322 g/mol. The van der Waals surface area contributed by atoms with Crippen molar-refractivity contribution in [1.29, 1.82) is 0 Å². The summed E-state index contributed by atoms with van der Waals surface area (Å²) in [6.45, 7) is 2.76. The number of thioether (sulfide) groups is 1. The number of carbonyl (C=O) groups excluding carboxylic acids is 1. The molecule has 0 radical (unpaired) electrons. The topological polar surface area (TPSA) is 32.3 Å². The number of nitrogens with zero attached hydrogens (tertiary/aromatic N) is 1. The SMILES string of the molecule is Cc1ccc([C@H]2SCCN2C(=O)Nc2cccc(F)c2)s1. The first-order valence-corrected chi connectivity index (χ1v) is 8.51. The van der Waals surface area contributed by atoms with Gasteiger partial charge in [-0.25, -0.2) is 9.18 Å². The summed E-state index contributed by atoms with van der Waals surface area (Å²) < 4.78 is 13.2. The Bertz CT molecular complexity index is 659. The zero-order valence-electron chi connectivity index (χ0n) is 11.5. The van der Waals surface area contributed by atoms with Gasteiger partial charge < -0.3 is 10.2 Å². The molecule has 110 valence electrons. The fourth-order valence-electron chi connectivity index (χ4n) is 2.26. The number of amides is 2. The molecule has 1 aliphatic rings. The molecular formula is C15H15FN2OS2. The van der Waals surface area contributed by atoms with Gasteiger partial charge in [-0.3, -0.25) is 0 Å². The van der Waals surface area contributed by atoms with Gasteiger partial charge in [0.25, 0.3) is 0 Å². The van der Waals surface area contributed by atoms with Crippen molar-refractivity contribution in [3.05, 3.63) is 52.0 Å². The molecule has 6 heteroatoms. The number of aryl methyl sites for hydroxylation is 1. The number of benzene rings is 1. The van der Waals surface area contributed by atoms with Crippen molar-refractivity contribution in [3.63, 3.8) is 0 Å². The molecule has 1 saturated heterocycles. The number of urea groups is 1. The lowest BCUT2D eigenvalue weighted by molar-refractivity contribution is 0.215. The maximum Gasteiger partial charge on any atom is 0.323 e. The monoisotopic (exact) mass is 322 g/mol. The number of thiophene rings is 1. The van der Waals surface area contributed by atoms with E-state index in [1.165, 1.54) is 21.9 Å². The molecule has 1 atom stereocenters. The van der Waals surface area contributed by atoms with Crippen LogP contribution < -0.4 is 5.32 Å². The summed E-state index contributed by atoms with van der Waals surface area (Å²) >= 11 is 3.47. The lowest BCUT2D eigenvalue weighted by Gasteiger charge is -2.23. The zero-order chi connectivity index (χ0) is 14.8. The summed E-state index contributed by atoms with van der Waals surface area (Å²) in [5, 5.41) is 2.82. The molecule has 0 saturated carbocycles. The maximum absolute atomic E-state index is 13.2. The molecule has 0 bridgehead atoms. The predicted molar refractivity (Wildman–Crippen MR) is 86.4 cm³/mol. The van der Waals surface area contributed by atoms with E-state index in [-0.39, 0.29) is 17.2 Å². The minimum atomic E-state index is -0.353. The molecule has 0 unspecified atom stereocenters. The Morgan fingerprint density at radius 1 is 1.38 bits per heavy atom. The number of nitrogens with one attached hydrogen (secondary N) is 1. The van der Waals surface area contributed by atoms with Crippen molar-refractivity contribution in [2.45, 2.75) is 12.3 Å². The fourth-order valence-corrected chi connectivity index (χ4v) is 4.63. The molecule has 1 N–H and O–H groups in total. The third-order valence-electron chi connectivity index (χ3n) is 3.23. The largest absolute Gasteiger partial charge is 0.323 e. The highest BCUT2D eigenvalue weighted by Gasteiger charge is 2.31. The van der Waals surface area contributed by atoms with Crippen molar-refractivity contribution < 1.29 is 9.18 Å². The molecule has 2 aromatic rings. The van der Waals surface area contributed by atoms with Gasteiger partial charge in [-0.1, -0.05) is 6.07 Å². The zero-order valence-corrected chi connectivity index (χ0v) is 13.1. The van der Waals surface area contributed by atoms with E-state index in [1.54, 1.807) is 40.1 Å². The first kappa shape index (κ1) is 14.4. The molecule has 2 amide bonds. The summed E-state index contributed by atoms with van der Waals surface area (Å²) in [6, 6.07) is 9.93. The van der Waals surface area contributed by atoms with E-state index in [0.29, 0.717) is 12.2 Å². The smallest absolute Gasteiger partial charge is 0.308 e. The summed E-state index contributed by atoms with van der Waals surface area (Å²) in [7, 11) is 0. The van der Waals surface area contributed by atoms with Gasteiger partial charge in [-0.05, 0) is 37.3 Å². The first-order chi connectivity index (χ1) is 10.1. The lowest BCUT2D eigenvalue weighted by Crippen LogP contribution is -2.34. The minimum Gasteiger partial charge on any atom is -0.308 e. The molecule has 1 fully saturated rings. The highest BCUT2D eigenvalue weighted by Crippen LogP contribution is 2.41. The first-order valence-electron chi connectivity index (χ1n) is 6.64. The van der Waals surface area contributed by atoms with E-state index in [0.717, 1.165) is 5.75 Å². The normalized spacial score (nSPS) is 18.0. The summed E-state index contributed by atoms with van der Waals surface area (Å²) in [4.78, 5) is 16.6. The Hall–Kier alpha value is -1.53. The van der Waals surface area contributed by atoms with E-state index in [2.05, 4.69) is 24.4 Å². The Labute approximate surface area is 131 Å². The van der Waals surface area contributed by atoms with Gasteiger partial charge in [0.2, 0.25) is 0 Å². The lowest BCUT2D eigenvalue weighted by atomic mass is 10.3. The van der Waals surface area contributed by atoms with Crippen molar-refractivity contribution in [2.75, 3.05) is 17.6 Å². The van der Waals surface area contributed by atoms with Crippen LogP contribution in [0.5, 0.6) is 0 Å². The maximum atomic E-state index is 13.2. The highest BCUT2D eigenvalue weighted by atomic mass is 32.2. The number of hydrogen-bond donors (Lipinski definition) is 1. The molecule has 21 heavy (non-hydrogen) atoms. The third-order valence-corrected chi connectivity index (χ3v) is 5.68. The molecule has 1 aliphatic heterocycles. The minimum absolute atomic E-state index is 0.0530. The quantitative estimate of drug-likeness (QED) is 0.884. The van der Waals surface area contributed by atoms with E-state index in [1.807, 2.05) is 0 Å². The van der Waals surface area contributed by atoms with Crippen LogP contribution in [0.2, 0.25) is 0 Å². The van der Waals surface area contributed by atoms with Crippen LogP contribution in [0.3, 0.4) is 0 Å². The third kappa shape index (κ3) is 3.22. The molecule has 3 nitrogen and oxygen atoms in total. The number of rotatable bonds is 2. The van der Waals surface area contributed by atoms with Crippen molar-refractivity contribution >= 4 is 34.8 Å². The molecule has 1 aromatic heterocycles. The Balaban J connectivity index is 1.74. The molecule has 2 heterocycles. The predicted octanol–water partition coefficient (Wildman–Crippen LogP) is 4.48. The van der Waals surface area contributed by atoms with Gasteiger partial charge in [0.1, 0.15) is 11.2 Å². The molecular weight excluding hydrogens is 307 g/mol. The number of halogens is 1. The average Bonchev–Trinajstić information content (AvgIpc) is 3.06. The van der Waals surface area contributed by atoms with E-state index in [9.17, 15) is 9.18 Å². The van der Waals surface area contributed by atoms with Crippen LogP contribution in [-0.4, -0.2) is 23.2 Å². The van der Waals surface area contributed by atoms with Crippen LogP contribution in [0.15, 0.2) is 36.4 Å². The molecule has 1 aromatic carbocycles. The van der Waals surface area contributed by atoms with Crippen LogP contribution in [0.4, 0.5) is 14.9 Å². The van der Waals surface area contributed by atoms with Crippen LogP contribution in [0, 0.1) is 12.7 Å². The van der Waals surface area contributed by atoms with Crippen LogP contribution in [0.25, 0.3) is 0 Å². The van der Waals surface area contributed by atoms with Gasteiger partial charge in [0.05, 0.1) is 0 Å². The van der Waals surface area contributed by atoms with E-state index >= 15 is 0 Å². The molecule has 3 rings (SSSR count). The van der Waals surface area contributed by atoms with Gasteiger partial charge >= 0.3 is 6.03 Å². The Kier molecular flexibility index (Phi) is 4.17. The van der Waals surface area contributed by atoms with Crippen LogP contribution >= 0.6 is 23.1 Å². The number of hydrogen-bond acceptors (Lipinski definition) is 3. The molecule has 0 aliphatic carbocycles. The van der Waals surface area contributed by atoms with Gasteiger partial charge in [-0.15, -0.1) is 23.1 Å². The highest BCUT2D eigenvalue weighted by molar-refractivity contribution is 7.99. The summed E-state index contributed by atoms with van der Waals surface area (Å²) in [6.07, 6.45) is 0. The second kappa shape index (κ2) is 6.07.